The molecule has 1 aromatic carbocycles. The van der Waals surface area contributed by atoms with Gasteiger partial charge in [0.1, 0.15) is 5.82 Å². The van der Waals surface area contributed by atoms with Crippen LogP contribution in [-0.2, 0) is 9.53 Å². The van der Waals surface area contributed by atoms with Crippen LogP contribution in [0, 0.1) is 23.5 Å². The molecule has 3 atom stereocenters. The van der Waals surface area contributed by atoms with Gasteiger partial charge < -0.3 is 9.47 Å². The molecule has 2 aliphatic heterocycles. The van der Waals surface area contributed by atoms with Crippen LogP contribution < -0.4 is 4.74 Å². The number of halogens is 2. The molecule has 3 rings (SSSR count). The third-order valence-electron chi connectivity index (χ3n) is 4.34. The number of esters is 1. The summed E-state index contributed by atoms with van der Waals surface area (Å²) in [5, 5.41) is 0. The minimum absolute atomic E-state index is 0.0158. The van der Waals surface area contributed by atoms with E-state index >= 15 is 0 Å². The predicted molar refractivity (Wildman–Crippen MR) is 78.8 cm³/mol. The lowest BCUT2D eigenvalue weighted by atomic mass is 9.75. The second-order valence-corrected chi connectivity index (χ2v) is 5.45. The topological polar surface area (TPSA) is 35.5 Å². The zero-order chi connectivity index (χ0) is 16.3. The Morgan fingerprint density at radius 3 is 2.50 bits per heavy atom. The number of carbonyl (C=O) groups is 1. The molecule has 1 fully saturated rings. The first-order chi connectivity index (χ1) is 10.6. The average Bonchev–Trinajstić information content (AvgIpc) is 2.54. The Hall–Kier alpha value is -1.65. The summed E-state index contributed by atoms with van der Waals surface area (Å²) in [7, 11) is 0. The molecule has 1 saturated heterocycles. The molecular weight excluding hydrogens is 290 g/mol. The highest BCUT2D eigenvalue weighted by Gasteiger charge is 2.41. The molecule has 0 saturated carbocycles. The highest BCUT2D eigenvalue weighted by atomic mass is 19.1. The summed E-state index contributed by atoms with van der Waals surface area (Å²) in [6.45, 7) is 6.47. The van der Waals surface area contributed by atoms with Crippen LogP contribution >= 0.6 is 0 Å². The predicted octanol–water partition coefficient (Wildman–Crippen LogP) is 4.06. The molecule has 5 heteroatoms. The highest BCUT2D eigenvalue weighted by Crippen LogP contribution is 2.44. The molecule has 0 radical (unpaired) electrons. The van der Waals surface area contributed by atoms with Gasteiger partial charge in [-0.1, -0.05) is 20.8 Å². The molecule has 2 heterocycles. The first-order valence-electron chi connectivity index (χ1n) is 7.87. The van der Waals surface area contributed by atoms with Crippen molar-refractivity contribution in [3.8, 4) is 5.75 Å². The van der Waals surface area contributed by atoms with Crippen molar-refractivity contribution in [3.05, 3.63) is 29.3 Å². The van der Waals surface area contributed by atoms with Crippen LogP contribution in [0.4, 0.5) is 8.78 Å². The Bertz CT molecular complexity index is 545. The van der Waals surface area contributed by atoms with Crippen molar-refractivity contribution in [1.82, 2.24) is 0 Å². The van der Waals surface area contributed by atoms with Gasteiger partial charge in [-0.25, -0.2) is 8.78 Å². The molecule has 0 aromatic heterocycles. The molecule has 3 unspecified atom stereocenters. The van der Waals surface area contributed by atoms with E-state index in [0.717, 1.165) is 18.6 Å². The zero-order valence-corrected chi connectivity index (χ0v) is 13.2. The molecular formula is C17H22F2O3. The minimum atomic E-state index is -0.557. The van der Waals surface area contributed by atoms with Crippen molar-refractivity contribution in [2.75, 3.05) is 13.2 Å². The van der Waals surface area contributed by atoms with E-state index in [9.17, 15) is 13.6 Å². The Kier molecular flexibility index (Phi) is 5.37. The standard InChI is InChI=1S/C15H16F2O3.C2H6/c1-8-10(9-3-2-6-19-15(9)18)7-20-14-12(17)5-4-11(16)13(8)14;1-2/h4-5,8-10H,2-3,6-7H2,1H3;1-2H3. The minimum Gasteiger partial charge on any atom is -0.490 e. The first-order valence-corrected chi connectivity index (χ1v) is 7.87. The summed E-state index contributed by atoms with van der Waals surface area (Å²) in [4.78, 5) is 11.9. The third kappa shape index (κ3) is 2.94. The van der Waals surface area contributed by atoms with Crippen LogP contribution in [0.2, 0.25) is 0 Å². The van der Waals surface area contributed by atoms with Crippen molar-refractivity contribution in [1.29, 1.82) is 0 Å². The molecule has 3 nitrogen and oxygen atoms in total. The summed E-state index contributed by atoms with van der Waals surface area (Å²) >= 11 is 0. The lowest BCUT2D eigenvalue weighted by molar-refractivity contribution is -0.156. The van der Waals surface area contributed by atoms with Crippen molar-refractivity contribution >= 4 is 5.97 Å². The third-order valence-corrected chi connectivity index (χ3v) is 4.34. The number of ether oxygens (including phenoxy) is 2. The lowest BCUT2D eigenvalue weighted by Crippen LogP contribution is -2.38. The van der Waals surface area contributed by atoms with Gasteiger partial charge in [0.25, 0.3) is 0 Å². The molecule has 0 aliphatic carbocycles. The Morgan fingerprint density at radius 1 is 1.14 bits per heavy atom. The number of hydrogen-bond acceptors (Lipinski definition) is 3. The van der Waals surface area contributed by atoms with Gasteiger partial charge in [0.05, 0.1) is 19.1 Å². The van der Waals surface area contributed by atoms with Crippen LogP contribution in [0.25, 0.3) is 0 Å². The van der Waals surface area contributed by atoms with E-state index < -0.39 is 11.6 Å². The van der Waals surface area contributed by atoms with E-state index in [4.69, 9.17) is 9.47 Å². The van der Waals surface area contributed by atoms with Gasteiger partial charge in [0.15, 0.2) is 11.6 Å². The summed E-state index contributed by atoms with van der Waals surface area (Å²) in [6, 6.07) is 2.17. The molecule has 2 aliphatic rings. The molecule has 0 amide bonds. The monoisotopic (exact) mass is 312 g/mol. The van der Waals surface area contributed by atoms with E-state index in [0.29, 0.717) is 13.0 Å². The number of rotatable bonds is 1. The van der Waals surface area contributed by atoms with Crippen LogP contribution in [0.1, 0.15) is 45.1 Å². The van der Waals surface area contributed by atoms with E-state index in [2.05, 4.69) is 0 Å². The van der Waals surface area contributed by atoms with Crippen molar-refractivity contribution in [2.24, 2.45) is 11.8 Å². The first kappa shape index (κ1) is 16.7. The lowest BCUT2D eigenvalue weighted by Gasteiger charge is -2.37. The Labute approximate surface area is 129 Å². The molecule has 1 aromatic rings. The normalized spacial score (nSPS) is 27.0. The van der Waals surface area contributed by atoms with Gasteiger partial charge in [0.2, 0.25) is 0 Å². The maximum Gasteiger partial charge on any atom is 0.309 e. The highest BCUT2D eigenvalue weighted by molar-refractivity contribution is 5.73. The van der Waals surface area contributed by atoms with Crippen LogP contribution in [0.15, 0.2) is 12.1 Å². The van der Waals surface area contributed by atoms with Gasteiger partial charge in [-0.2, -0.15) is 0 Å². The van der Waals surface area contributed by atoms with Gasteiger partial charge in [-0.15, -0.1) is 0 Å². The Balaban J connectivity index is 0.000000847. The van der Waals surface area contributed by atoms with Gasteiger partial charge in [-0.3, -0.25) is 4.79 Å². The van der Waals surface area contributed by atoms with Gasteiger partial charge >= 0.3 is 5.97 Å². The average molecular weight is 312 g/mol. The fourth-order valence-electron chi connectivity index (χ4n) is 3.21. The fourth-order valence-corrected chi connectivity index (χ4v) is 3.21. The second-order valence-electron chi connectivity index (χ2n) is 5.45. The molecule has 0 spiro atoms. The fraction of sp³-hybridized carbons (Fsp3) is 0.588. The largest absolute Gasteiger partial charge is 0.490 e. The quantitative estimate of drug-likeness (QED) is 0.734. The zero-order valence-electron chi connectivity index (χ0n) is 13.2. The van der Waals surface area contributed by atoms with Gasteiger partial charge in [0, 0.05) is 11.5 Å². The Morgan fingerprint density at radius 2 is 1.82 bits per heavy atom. The second kappa shape index (κ2) is 7.07. The van der Waals surface area contributed by atoms with Crippen molar-refractivity contribution in [3.63, 3.8) is 0 Å². The van der Waals surface area contributed by atoms with E-state index in [1.54, 1.807) is 0 Å². The number of cyclic esters (lactones) is 1. The SMILES string of the molecule is CC.CC1c2c(F)ccc(F)c2OCC1C1CCCOC1=O. The van der Waals surface area contributed by atoms with Crippen LogP contribution in [0.3, 0.4) is 0 Å². The summed E-state index contributed by atoms with van der Waals surface area (Å²) < 4.78 is 38.1. The van der Waals surface area contributed by atoms with E-state index in [-0.39, 0.29) is 41.6 Å². The summed E-state index contributed by atoms with van der Waals surface area (Å²) in [6.07, 6.45) is 1.52. The molecule has 122 valence electrons. The number of carbonyl (C=O) groups excluding carboxylic acids is 1. The maximum atomic E-state index is 14.0. The molecule has 22 heavy (non-hydrogen) atoms. The smallest absolute Gasteiger partial charge is 0.309 e. The van der Waals surface area contributed by atoms with Crippen LogP contribution in [0.5, 0.6) is 5.75 Å². The van der Waals surface area contributed by atoms with E-state index in [1.165, 1.54) is 0 Å². The molecule has 0 N–H and O–H groups in total. The number of fused-ring (bicyclic) bond motifs is 1. The summed E-state index contributed by atoms with van der Waals surface area (Å²) in [5.41, 5.74) is 0.236. The number of hydrogen-bond donors (Lipinski definition) is 0. The van der Waals surface area contributed by atoms with Crippen molar-refractivity contribution < 1.29 is 23.0 Å². The maximum absolute atomic E-state index is 14.0. The summed E-state index contributed by atoms with van der Waals surface area (Å²) in [5.74, 6) is -2.05. The molecule has 0 bridgehead atoms. The van der Waals surface area contributed by atoms with E-state index in [1.807, 2.05) is 20.8 Å². The van der Waals surface area contributed by atoms with Crippen molar-refractivity contribution in [2.45, 2.75) is 39.5 Å². The number of benzene rings is 1. The van der Waals surface area contributed by atoms with Crippen LogP contribution in [-0.4, -0.2) is 19.2 Å². The van der Waals surface area contributed by atoms with Gasteiger partial charge in [-0.05, 0) is 30.9 Å².